The van der Waals surface area contributed by atoms with E-state index in [-0.39, 0.29) is 11.5 Å². The first-order valence-corrected chi connectivity index (χ1v) is 12.0. The van der Waals surface area contributed by atoms with Crippen LogP contribution in [0.2, 0.25) is 0 Å². The lowest BCUT2D eigenvalue weighted by molar-refractivity contribution is 0.0934. The number of amidine groups is 1. The summed E-state index contributed by atoms with van der Waals surface area (Å²) in [6, 6.07) is 8.01. The van der Waals surface area contributed by atoms with Gasteiger partial charge in [-0.1, -0.05) is 12.1 Å². The lowest BCUT2D eigenvalue weighted by Gasteiger charge is -2.35. The molecule has 4 rings (SSSR count). The molecule has 1 aromatic heterocycles. The van der Waals surface area contributed by atoms with Crippen LogP contribution in [0.25, 0.3) is 10.9 Å². The highest BCUT2D eigenvalue weighted by atomic mass is 19.1. The summed E-state index contributed by atoms with van der Waals surface area (Å²) < 4.78 is 14.0. The molecule has 2 aliphatic rings. The number of piperidine rings is 1. The van der Waals surface area contributed by atoms with E-state index < -0.39 is 11.7 Å². The maximum atomic E-state index is 14.0. The van der Waals surface area contributed by atoms with Gasteiger partial charge in [-0.15, -0.1) is 0 Å². The summed E-state index contributed by atoms with van der Waals surface area (Å²) in [5.41, 5.74) is 6.07. The van der Waals surface area contributed by atoms with E-state index in [1.165, 1.54) is 6.07 Å². The Labute approximate surface area is 193 Å². The molecule has 2 fully saturated rings. The molecule has 1 aromatic carbocycles. The number of alkyl halides is 1. The fourth-order valence-electron chi connectivity index (χ4n) is 5.07. The molecule has 1 aliphatic heterocycles. The van der Waals surface area contributed by atoms with Crippen molar-refractivity contribution >= 4 is 28.5 Å². The first kappa shape index (κ1) is 23.4. The van der Waals surface area contributed by atoms with Crippen LogP contribution in [-0.2, 0) is 0 Å². The van der Waals surface area contributed by atoms with Crippen molar-refractivity contribution in [1.82, 2.24) is 9.88 Å². The van der Waals surface area contributed by atoms with Gasteiger partial charge in [0.2, 0.25) is 5.56 Å². The van der Waals surface area contributed by atoms with Crippen molar-refractivity contribution in [1.29, 1.82) is 0 Å². The van der Waals surface area contributed by atoms with Crippen LogP contribution in [0.5, 0.6) is 0 Å². The molecule has 2 heterocycles. The maximum absolute atomic E-state index is 14.0. The number of hydrogen-bond acceptors (Lipinski definition) is 3. The summed E-state index contributed by atoms with van der Waals surface area (Å²) in [6.45, 7) is 4.51. The number of nitrogens with zero attached hydrogens (tertiary/aromatic N) is 2. The molecule has 1 unspecified atom stereocenters. The Morgan fingerprint density at radius 1 is 1.27 bits per heavy atom. The fraction of sp³-hybridized carbons (Fsp3) is 0.560. The van der Waals surface area contributed by atoms with Crippen LogP contribution in [0.3, 0.4) is 0 Å². The van der Waals surface area contributed by atoms with Crippen molar-refractivity contribution in [3.05, 3.63) is 40.7 Å². The van der Waals surface area contributed by atoms with E-state index in [1.54, 1.807) is 19.1 Å². The molecule has 1 saturated carbocycles. The van der Waals surface area contributed by atoms with Crippen molar-refractivity contribution in [2.45, 2.75) is 57.5 Å². The van der Waals surface area contributed by atoms with E-state index in [0.29, 0.717) is 35.8 Å². The molecule has 0 bridgehead atoms. The molecule has 1 atom stereocenters. The first-order valence-electron chi connectivity index (χ1n) is 12.0. The normalized spacial score (nSPS) is 26.9. The number of likely N-dealkylation sites (tertiary alicyclic amines) is 1. The molecular weight excluding hydrogens is 421 g/mol. The highest BCUT2D eigenvalue weighted by Crippen LogP contribution is 2.36. The highest BCUT2D eigenvalue weighted by molar-refractivity contribution is 6.04. The van der Waals surface area contributed by atoms with Crippen molar-refractivity contribution < 1.29 is 9.18 Å². The number of benzene rings is 1. The Morgan fingerprint density at radius 2 is 2.06 bits per heavy atom. The van der Waals surface area contributed by atoms with Gasteiger partial charge in [-0.3, -0.25) is 4.79 Å². The molecule has 2 amide bonds. The van der Waals surface area contributed by atoms with Gasteiger partial charge in [-0.2, -0.15) is 4.99 Å². The summed E-state index contributed by atoms with van der Waals surface area (Å²) in [6.07, 6.45) is 6.27. The maximum Gasteiger partial charge on any atom is 0.347 e. The predicted molar refractivity (Wildman–Crippen MR) is 130 cm³/mol. The molecule has 7 nitrogen and oxygen atoms in total. The van der Waals surface area contributed by atoms with Gasteiger partial charge in [0.05, 0.1) is 11.2 Å². The third-order valence-corrected chi connectivity index (χ3v) is 7.16. The van der Waals surface area contributed by atoms with Crippen LogP contribution in [-0.4, -0.2) is 47.1 Å². The number of aromatic amines is 1. The van der Waals surface area contributed by atoms with Crippen LogP contribution in [0.1, 0.15) is 51.9 Å². The van der Waals surface area contributed by atoms with Crippen molar-refractivity contribution in [3.8, 4) is 0 Å². The topological polar surface area (TPSA) is 104 Å². The third-order valence-electron chi connectivity index (χ3n) is 7.16. The number of pyridine rings is 1. The molecule has 4 N–H and O–H groups in total. The zero-order chi connectivity index (χ0) is 23.4. The van der Waals surface area contributed by atoms with Crippen molar-refractivity contribution in [3.63, 3.8) is 0 Å². The minimum atomic E-state index is -0.987. The van der Waals surface area contributed by atoms with Gasteiger partial charge in [0.15, 0.2) is 0 Å². The van der Waals surface area contributed by atoms with Gasteiger partial charge >= 0.3 is 6.03 Å². The summed E-state index contributed by atoms with van der Waals surface area (Å²) in [5.74, 6) is 0.979. The van der Waals surface area contributed by atoms with E-state index in [4.69, 9.17) is 5.73 Å². The molecule has 1 aliphatic carbocycles. The van der Waals surface area contributed by atoms with Gasteiger partial charge in [0, 0.05) is 23.9 Å². The number of carbonyl (C=O) groups is 1. The number of nitrogens with two attached hydrogens (primary N) is 1. The van der Waals surface area contributed by atoms with E-state index in [0.717, 1.165) is 57.1 Å². The number of carbonyl (C=O) groups excluding carboxylic acids is 1. The predicted octanol–water partition coefficient (Wildman–Crippen LogP) is 4.44. The summed E-state index contributed by atoms with van der Waals surface area (Å²) in [5, 5.41) is 3.57. The van der Waals surface area contributed by atoms with Gasteiger partial charge in [-0.25, -0.2) is 9.18 Å². The van der Waals surface area contributed by atoms with Crippen LogP contribution >= 0.6 is 0 Å². The van der Waals surface area contributed by atoms with Gasteiger partial charge in [0.25, 0.3) is 0 Å². The number of urea groups is 1. The van der Waals surface area contributed by atoms with Crippen LogP contribution in [0, 0.1) is 11.8 Å². The molecule has 0 radical (unpaired) electrons. The van der Waals surface area contributed by atoms with Gasteiger partial charge in [-0.05, 0) is 83.0 Å². The lowest BCUT2D eigenvalue weighted by atomic mass is 9.79. The minimum Gasteiger partial charge on any atom is -0.387 e. The molecular formula is C25H34FN5O2. The van der Waals surface area contributed by atoms with Crippen LogP contribution < -0.4 is 16.6 Å². The second-order valence-corrected chi connectivity index (χ2v) is 9.84. The number of rotatable bonds is 5. The first-order chi connectivity index (χ1) is 15.8. The van der Waals surface area contributed by atoms with Gasteiger partial charge < -0.3 is 20.9 Å². The zero-order valence-electron chi connectivity index (χ0n) is 19.3. The van der Waals surface area contributed by atoms with Crippen LogP contribution in [0.4, 0.5) is 14.9 Å². The molecule has 0 spiro atoms. The zero-order valence-corrected chi connectivity index (χ0v) is 19.3. The molecule has 1 saturated heterocycles. The molecule has 33 heavy (non-hydrogen) atoms. The Kier molecular flexibility index (Phi) is 7.12. The largest absolute Gasteiger partial charge is 0.387 e. The van der Waals surface area contributed by atoms with Crippen molar-refractivity contribution in [2.24, 2.45) is 22.6 Å². The number of nitrogens with one attached hydrogen (secondary N) is 2. The number of hydrogen-bond donors (Lipinski definition) is 3. The number of anilines is 1. The SMILES string of the molecule is CC1(F)CCC(CCN2CCCC(/C(N)=N/C(=O)Nc3cccc4ccc(=O)[nH]c34)C2)CC1. The van der Waals surface area contributed by atoms with E-state index >= 15 is 0 Å². The summed E-state index contributed by atoms with van der Waals surface area (Å²) in [7, 11) is 0. The lowest BCUT2D eigenvalue weighted by Crippen LogP contribution is -2.42. The van der Waals surface area contributed by atoms with Crippen molar-refractivity contribution in [2.75, 3.05) is 25.0 Å². The Balaban J connectivity index is 1.32. The number of amides is 2. The molecule has 178 valence electrons. The number of aromatic nitrogens is 1. The smallest absolute Gasteiger partial charge is 0.347 e. The molecule has 8 heteroatoms. The average Bonchev–Trinajstić information content (AvgIpc) is 2.79. The number of H-pyrrole nitrogens is 1. The Hall–Kier alpha value is -2.74. The molecule has 2 aromatic rings. The van der Waals surface area contributed by atoms with Crippen LogP contribution in [0.15, 0.2) is 40.1 Å². The Bertz CT molecular complexity index is 1070. The third kappa shape index (κ3) is 6.19. The monoisotopic (exact) mass is 455 g/mol. The average molecular weight is 456 g/mol. The number of aliphatic imine (C=N–C) groups is 1. The minimum absolute atomic E-state index is 0.0392. The van der Waals surface area contributed by atoms with E-state index in [2.05, 4.69) is 20.2 Å². The summed E-state index contributed by atoms with van der Waals surface area (Å²) >= 11 is 0. The highest BCUT2D eigenvalue weighted by Gasteiger charge is 2.31. The second kappa shape index (κ2) is 10.0. The Morgan fingerprint density at radius 3 is 2.85 bits per heavy atom. The van der Waals surface area contributed by atoms with E-state index in [1.807, 2.05) is 12.1 Å². The number of fused-ring (bicyclic) bond motifs is 1. The number of halogens is 1. The number of para-hydroxylation sites is 1. The van der Waals surface area contributed by atoms with E-state index in [9.17, 15) is 14.0 Å². The standard InChI is InChI=1S/C25H34FN5O2/c1-25(26)12-9-17(10-13-25)11-15-31-14-3-5-19(16-31)23(27)30-24(33)28-20-6-2-4-18-7-8-21(32)29-22(18)20/h2,4,6-8,17,19H,3,5,9-16H2,1H3,(H,29,32)(H3,27,28,30,33). The fourth-order valence-corrected chi connectivity index (χ4v) is 5.07. The summed E-state index contributed by atoms with van der Waals surface area (Å²) in [4.78, 5) is 33.5. The quantitative estimate of drug-likeness (QED) is 0.458. The second-order valence-electron chi connectivity index (χ2n) is 9.84. The van der Waals surface area contributed by atoms with Gasteiger partial charge in [0.1, 0.15) is 11.5 Å².